The van der Waals surface area contributed by atoms with Gasteiger partial charge < -0.3 is 0 Å². The van der Waals surface area contributed by atoms with Crippen molar-refractivity contribution >= 4 is 21.6 Å². The largest absolute Gasteiger partial charge is 0.272 e. The number of hydrogen-bond acceptors (Lipinski definition) is 2. The maximum Gasteiger partial charge on any atom is 0.272 e. The van der Waals surface area contributed by atoms with E-state index in [-0.39, 0.29) is 10.6 Å². The Labute approximate surface area is 117 Å². The number of nitro groups is 1. The molecule has 1 aromatic carbocycles. The molecule has 100 valence electrons. The van der Waals surface area contributed by atoms with E-state index in [9.17, 15) is 10.1 Å². The molecule has 0 saturated heterocycles. The Bertz CT molecular complexity index is 397. The molecule has 0 aliphatic rings. The molecule has 0 aliphatic heterocycles. The number of para-hydroxylation sites is 1. The van der Waals surface area contributed by atoms with Gasteiger partial charge >= 0.3 is 0 Å². The molecule has 0 radical (unpaired) electrons. The Hall–Kier alpha value is -0.900. The molecule has 0 N–H and O–H groups in total. The Morgan fingerprint density at radius 3 is 2.39 bits per heavy atom. The minimum atomic E-state index is -0.294. The second-order valence-corrected chi connectivity index (χ2v) is 6.45. The van der Waals surface area contributed by atoms with Crippen LogP contribution in [-0.2, 0) is 6.42 Å². The standard InChI is InChI=1S/C14H20BrNO2/c1-10(2)13(11(3)15)9-8-12-6-4-5-7-14(12)16(17)18/h4-7,10-11,13H,8-9H2,1-3H3. The number of benzene rings is 1. The van der Waals surface area contributed by atoms with Crippen molar-refractivity contribution in [1.82, 2.24) is 0 Å². The molecule has 0 fully saturated rings. The summed E-state index contributed by atoms with van der Waals surface area (Å²) >= 11 is 3.63. The van der Waals surface area contributed by atoms with Crippen LogP contribution >= 0.6 is 15.9 Å². The Kier molecular flexibility index (Phi) is 5.79. The summed E-state index contributed by atoms with van der Waals surface area (Å²) in [6, 6.07) is 7.02. The highest BCUT2D eigenvalue weighted by molar-refractivity contribution is 9.09. The first-order valence-corrected chi connectivity index (χ1v) is 7.21. The average molecular weight is 314 g/mol. The molecule has 0 aromatic heterocycles. The van der Waals surface area contributed by atoms with E-state index in [0.29, 0.717) is 16.7 Å². The van der Waals surface area contributed by atoms with Gasteiger partial charge in [0, 0.05) is 16.5 Å². The van der Waals surface area contributed by atoms with Gasteiger partial charge in [-0.15, -0.1) is 0 Å². The van der Waals surface area contributed by atoms with Crippen LogP contribution in [0.3, 0.4) is 0 Å². The third-order valence-corrected chi connectivity index (χ3v) is 4.06. The van der Waals surface area contributed by atoms with Gasteiger partial charge in [-0.2, -0.15) is 0 Å². The molecule has 1 rings (SSSR count). The average Bonchev–Trinajstić information content (AvgIpc) is 2.28. The zero-order valence-corrected chi connectivity index (χ0v) is 12.7. The van der Waals surface area contributed by atoms with Crippen LogP contribution < -0.4 is 0 Å². The maximum atomic E-state index is 10.9. The predicted molar refractivity (Wildman–Crippen MR) is 78.1 cm³/mol. The quantitative estimate of drug-likeness (QED) is 0.438. The lowest BCUT2D eigenvalue weighted by Crippen LogP contribution is -2.18. The number of nitrogens with zero attached hydrogens (tertiary/aromatic N) is 1. The summed E-state index contributed by atoms with van der Waals surface area (Å²) in [5.41, 5.74) is 1.07. The second kappa shape index (κ2) is 6.88. The van der Waals surface area contributed by atoms with Gasteiger partial charge in [0.2, 0.25) is 0 Å². The van der Waals surface area contributed by atoms with Gasteiger partial charge in [-0.3, -0.25) is 10.1 Å². The van der Waals surface area contributed by atoms with Crippen molar-refractivity contribution in [2.75, 3.05) is 0 Å². The van der Waals surface area contributed by atoms with Gasteiger partial charge in [0.15, 0.2) is 0 Å². The molecular weight excluding hydrogens is 294 g/mol. The molecule has 4 heteroatoms. The first-order valence-electron chi connectivity index (χ1n) is 6.29. The lowest BCUT2D eigenvalue weighted by molar-refractivity contribution is -0.385. The third kappa shape index (κ3) is 4.09. The second-order valence-electron chi connectivity index (χ2n) is 5.01. The molecule has 2 atom stereocenters. The number of aryl methyl sites for hydroxylation is 1. The topological polar surface area (TPSA) is 43.1 Å². The van der Waals surface area contributed by atoms with Crippen LogP contribution in [0.5, 0.6) is 0 Å². The molecular formula is C14H20BrNO2. The van der Waals surface area contributed by atoms with Crippen LogP contribution in [0.2, 0.25) is 0 Å². The van der Waals surface area contributed by atoms with Gasteiger partial charge in [0.1, 0.15) is 0 Å². The van der Waals surface area contributed by atoms with E-state index >= 15 is 0 Å². The van der Waals surface area contributed by atoms with Crippen molar-refractivity contribution in [3.8, 4) is 0 Å². The van der Waals surface area contributed by atoms with E-state index in [1.807, 2.05) is 12.1 Å². The lowest BCUT2D eigenvalue weighted by atomic mass is 9.87. The van der Waals surface area contributed by atoms with Crippen LogP contribution in [0, 0.1) is 22.0 Å². The summed E-state index contributed by atoms with van der Waals surface area (Å²) in [5, 5.41) is 10.9. The van der Waals surface area contributed by atoms with Gasteiger partial charge in [-0.1, -0.05) is 54.9 Å². The summed E-state index contributed by atoms with van der Waals surface area (Å²) in [4.78, 5) is 11.1. The highest BCUT2D eigenvalue weighted by Gasteiger charge is 2.20. The molecule has 1 aromatic rings. The van der Waals surface area contributed by atoms with Crippen LogP contribution in [0.1, 0.15) is 32.8 Å². The fourth-order valence-corrected chi connectivity index (χ4v) is 3.19. The van der Waals surface area contributed by atoms with E-state index < -0.39 is 0 Å². The first-order chi connectivity index (χ1) is 8.43. The highest BCUT2D eigenvalue weighted by Crippen LogP contribution is 2.28. The molecule has 3 nitrogen and oxygen atoms in total. The van der Waals surface area contributed by atoms with E-state index in [2.05, 4.69) is 36.7 Å². The zero-order chi connectivity index (χ0) is 13.7. The van der Waals surface area contributed by atoms with E-state index in [1.54, 1.807) is 12.1 Å². The smallest absolute Gasteiger partial charge is 0.258 e. The maximum absolute atomic E-state index is 10.9. The van der Waals surface area contributed by atoms with Crippen LogP contribution in [0.4, 0.5) is 5.69 Å². The van der Waals surface area contributed by atoms with Crippen molar-refractivity contribution in [3.63, 3.8) is 0 Å². The van der Waals surface area contributed by atoms with Crippen molar-refractivity contribution in [3.05, 3.63) is 39.9 Å². The molecule has 0 spiro atoms. The van der Waals surface area contributed by atoms with E-state index in [4.69, 9.17) is 0 Å². The molecule has 0 saturated carbocycles. The molecule has 18 heavy (non-hydrogen) atoms. The molecule has 0 aliphatic carbocycles. The van der Waals surface area contributed by atoms with Crippen molar-refractivity contribution in [2.45, 2.75) is 38.4 Å². The lowest BCUT2D eigenvalue weighted by Gasteiger charge is -2.23. The molecule has 2 unspecified atom stereocenters. The summed E-state index contributed by atoms with van der Waals surface area (Å²) in [6.07, 6.45) is 1.73. The zero-order valence-electron chi connectivity index (χ0n) is 11.1. The number of hydrogen-bond donors (Lipinski definition) is 0. The fourth-order valence-electron chi connectivity index (χ4n) is 2.32. The van der Waals surface area contributed by atoms with E-state index in [0.717, 1.165) is 18.4 Å². The van der Waals surface area contributed by atoms with Crippen molar-refractivity contribution < 1.29 is 4.92 Å². The number of alkyl halides is 1. The van der Waals surface area contributed by atoms with E-state index in [1.165, 1.54) is 0 Å². The van der Waals surface area contributed by atoms with Crippen molar-refractivity contribution in [2.24, 2.45) is 11.8 Å². The third-order valence-electron chi connectivity index (χ3n) is 3.38. The van der Waals surface area contributed by atoms with Crippen LogP contribution in [-0.4, -0.2) is 9.75 Å². The Morgan fingerprint density at radius 2 is 1.89 bits per heavy atom. The Balaban J connectivity index is 2.76. The van der Waals surface area contributed by atoms with Crippen LogP contribution in [0.25, 0.3) is 0 Å². The summed E-state index contributed by atoms with van der Waals surface area (Å²) < 4.78 is 0. The molecule has 0 amide bonds. The van der Waals surface area contributed by atoms with Crippen LogP contribution in [0.15, 0.2) is 24.3 Å². The summed E-state index contributed by atoms with van der Waals surface area (Å²) in [5.74, 6) is 1.10. The monoisotopic (exact) mass is 313 g/mol. The van der Waals surface area contributed by atoms with Crippen molar-refractivity contribution in [1.29, 1.82) is 0 Å². The molecule has 0 heterocycles. The highest BCUT2D eigenvalue weighted by atomic mass is 79.9. The molecule has 0 bridgehead atoms. The first kappa shape index (κ1) is 15.2. The minimum absolute atomic E-state index is 0.238. The van der Waals surface area contributed by atoms with Gasteiger partial charge in [0.25, 0.3) is 5.69 Å². The fraction of sp³-hybridized carbons (Fsp3) is 0.571. The Morgan fingerprint density at radius 1 is 1.28 bits per heavy atom. The predicted octanol–water partition coefficient (Wildman–Crippen LogP) is 4.58. The number of halogens is 1. The number of nitro benzene ring substituents is 1. The van der Waals surface area contributed by atoms with Gasteiger partial charge in [-0.25, -0.2) is 0 Å². The normalized spacial score (nSPS) is 14.5. The van der Waals surface area contributed by atoms with Gasteiger partial charge in [-0.05, 0) is 24.7 Å². The summed E-state index contributed by atoms with van der Waals surface area (Å²) in [7, 11) is 0. The minimum Gasteiger partial charge on any atom is -0.258 e. The number of rotatable bonds is 6. The van der Waals surface area contributed by atoms with Gasteiger partial charge in [0.05, 0.1) is 4.92 Å². The summed E-state index contributed by atoms with van der Waals surface area (Å²) in [6.45, 7) is 6.54. The SMILES string of the molecule is CC(C)C(CCc1ccccc1[N+](=O)[O-])C(C)Br.